The molecule has 0 aromatic carbocycles. The van der Waals surface area contributed by atoms with Crippen molar-refractivity contribution >= 4 is 0 Å². The molecule has 0 heterocycles. The molecule has 0 saturated heterocycles. The summed E-state index contributed by atoms with van der Waals surface area (Å²) in [5, 5.41) is 0. The van der Waals surface area contributed by atoms with E-state index < -0.39 is 6.17 Å². The minimum atomic E-state index is -0.861. The van der Waals surface area contributed by atoms with Gasteiger partial charge in [-0.2, -0.15) is 0 Å². The summed E-state index contributed by atoms with van der Waals surface area (Å²) in [4.78, 5) is 0. The van der Waals surface area contributed by atoms with Gasteiger partial charge in [0.15, 0.2) is 0 Å². The molecule has 1 unspecified atom stereocenters. The third kappa shape index (κ3) is 1.59. The van der Waals surface area contributed by atoms with E-state index in [0.29, 0.717) is 5.92 Å². The molecule has 2 aliphatic rings. The van der Waals surface area contributed by atoms with Crippen molar-refractivity contribution in [3.05, 3.63) is 36.0 Å². The van der Waals surface area contributed by atoms with Crippen molar-refractivity contribution in [3.8, 4) is 0 Å². The summed E-state index contributed by atoms with van der Waals surface area (Å²) in [6, 6.07) is 0. The van der Waals surface area contributed by atoms with Crippen LogP contribution in [0.15, 0.2) is 36.0 Å². The molecule has 1 fully saturated rings. The highest BCUT2D eigenvalue weighted by Crippen LogP contribution is 2.33. The number of allylic oxidation sites excluding steroid dienone is 6. The van der Waals surface area contributed by atoms with Gasteiger partial charge in [0.25, 0.3) is 0 Å². The molecule has 0 amide bonds. The van der Waals surface area contributed by atoms with E-state index in [-0.39, 0.29) is 0 Å². The van der Waals surface area contributed by atoms with Crippen LogP contribution in [0.2, 0.25) is 0 Å². The van der Waals surface area contributed by atoms with Crippen molar-refractivity contribution < 1.29 is 4.39 Å². The van der Waals surface area contributed by atoms with Crippen LogP contribution in [0.4, 0.5) is 4.39 Å². The number of alkyl halides is 1. The number of halogens is 1. The van der Waals surface area contributed by atoms with Gasteiger partial charge >= 0.3 is 0 Å². The fourth-order valence-corrected chi connectivity index (χ4v) is 1.21. The SMILES string of the molecule is FC1C=CC=CC1=CC1CC1. The Morgan fingerprint density at radius 3 is 2.82 bits per heavy atom. The van der Waals surface area contributed by atoms with Crippen LogP contribution < -0.4 is 0 Å². The zero-order valence-corrected chi connectivity index (χ0v) is 6.33. The second kappa shape index (κ2) is 2.65. The van der Waals surface area contributed by atoms with E-state index in [1.807, 2.05) is 12.2 Å². The first-order valence-electron chi connectivity index (χ1n) is 4.07. The maximum Gasteiger partial charge on any atom is 0.143 e. The van der Waals surface area contributed by atoms with E-state index in [0.717, 1.165) is 5.57 Å². The van der Waals surface area contributed by atoms with Crippen LogP contribution in [0.1, 0.15) is 12.8 Å². The minimum Gasteiger partial charge on any atom is -0.238 e. The summed E-state index contributed by atoms with van der Waals surface area (Å²) in [5.74, 6) is 0.666. The Morgan fingerprint density at radius 2 is 2.18 bits per heavy atom. The first kappa shape index (κ1) is 6.84. The molecule has 0 radical (unpaired) electrons. The smallest absolute Gasteiger partial charge is 0.143 e. The van der Waals surface area contributed by atoms with Crippen LogP contribution in [-0.4, -0.2) is 6.17 Å². The third-order valence-electron chi connectivity index (χ3n) is 2.05. The van der Waals surface area contributed by atoms with Crippen LogP contribution in [0.3, 0.4) is 0 Å². The van der Waals surface area contributed by atoms with E-state index in [9.17, 15) is 4.39 Å². The quantitative estimate of drug-likeness (QED) is 0.539. The normalized spacial score (nSPS) is 33.2. The summed E-state index contributed by atoms with van der Waals surface area (Å²) in [6.45, 7) is 0. The molecule has 0 spiro atoms. The number of rotatable bonds is 1. The predicted octanol–water partition coefficient (Wildman–Crippen LogP) is 2.79. The molecule has 11 heavy (non-hydrogen) atoms. The van der Waals surface area contributed by atoms with Gasteiger partial charge in [0, 0.05) is 0 Å². The predicted molar refractivity (Wildman–Crippen MR) is 44.0 cm³/mol. The maximum absolute atomic E-state index is 13.0. The van der Waals surface area contributed by atoms with Gasteiger partial charge in [0.05, 0.1) is 0 Å². The highest BCUT2D eigenvalue weighted by Gasteiger charge is 2.20. The highest BCUT2D eigenvalue weighted by molar-refractivity contribution is 5.35. The average molecular weight is 150 g/mol. The largest absolute Gasteiger partial charge is 0.238 e. The molecule has 0 bridgehead atoms. The van der Waals surface area contributed by atoms with E-state index in [4.69, 9.17) is 0 Å². The Hall–Kier alpha value is -0.850. The molecule has 2 rings (SSSR count). The first-order valence-corrected chi connectivity index (χ1v) is 4.07. The lowest BCUT2D eigenvalue weighted by atomic mass is 10.0. The Balaban J connectivity index is 2.11. The van der Waals surface area contributed by atoms with E-state index in [2.05, 4.69) is 6.08 Å². The van der Waals surface area contributed by atoms with Crippen LogP contribution >= 0.6 is 0 Å². The minimum absolute atomic E-state index is 0.666. The summed E-state index contributed by atoms with van der Waals surface area (Å²) < 4.78 is 13.0. The third-order valence-corrected chi connectivity index (χ3v) is 2.05. The molecule has 58 valence electrons. The molecule has 1 saturated carbocycles. The van der Waals surface area contributed by atoms with Gasteiger partial charge in [0.1, 0.15) is 6.17 Å². The molecule has 0 nitrogen and oxygen atoms in total. The van der Waals surface area contributed by atoms with Crippen molar-refractivity contribution in [1.29, 1.82) is 0 Å². The fraction of sp³-hybridized carbons (Fsp3) is 0.400. The van der Waals surface area contributed by atoms with Gasteiger partial charge in [-0.1, -0.05) is 24.3 Å². The summed E-state index contributed by atoms with van der Waals surface area (Å²) >= 11 is 0. The van der Waals surface area contributed by atoms with Gasteiger partial charge in [-0.05, 0) is 30.4 Å². The molecule has 0 N–H and O–H groups in total. The topological polar surface area (TPSA) is 0 Å². The number of hydrogen-bond donors (Lipinski definition) is 0. The Kier molecular flexibility index (Phi) is 1.65. The first-order chi connectivity index (χ1) is 5.36. The Labute approximate surface area is 66.1 Å². The monoisotopic (exact) mass is 150 g/mol. The lowest BCUT2D eigenvalue weighted by Crippen LogP contribution is -2.00. The van der Waals surface area contributed by atoms with Crippen molar-refractivity contribution in [3.63, 3.8) is 0 Å². The van der Waals surface area contributed by atoms with Crippen LogP contribution in [-0.2, 0) is 0 Å². The van der Waals surface area contributed by atoms with Crippen LogP contribution in [0.25, 0.3) is 0 Å². The molecule has 1 atom stereocenters. The van der Waals surface area contributed by atoms with Gasteiger partial charge in [-0.25, -0.2) is 4.39 Å². The van der Waals surface area contributed by atoms with Crippen molar-refractivity contribution in [2.45, 2.75) is 19.0 Å². The van der Waals surface area contributed by atoms with Gasteiger partial charge in [-0.15, -0.1) is 0 Å². The molecule has 0 aliphatic heterocycles. The Morgan fingerprint density at radius 1 is 1.36 bits per heavy atom. The molecule has 0 aromatic heterocycles. The van der Waals surface area contributed by atoms with Crippen molar-refractivity contribution in [2.75, 3.05) is 0 Å². The second-order valence-corrected chi connectivity index (χ2v) is 3.15. The summed E-state index contributed by atoms with van der Waals surface area (Å²) in [7, 11) is 0. The van der Waals surface area contributed by atoms with Crippen LogP contribution in [0, 0.1) is 5.92 Å². The van der Waals surface area contributed by atoms with E-state index in [1.165, 1.54) is 12.8 Å². The van der Waals surface area contributed by atoms with Crippen LogP contribution in [0.5, 0.6) is 0 Å². The van der Waals surface area contributed by atoms with E-state index >= 15 is 0 Å². The lowest BCUT2D eigenvalue weighted by Gasteiger charge is -2.06. The van der Waals surface area contributed by atoms with Crippen molar-refractivity contribution in [1.82, 2.24) is 0 Å². The second-order valence-electron chi connectivity index (χ2n) is 3.15. The summed E-state index contributed by atoms with van der Waals surface area (Å²) in [5.41, 5.74) is 0.843. The summed E-state index contributed by atoms with van der Waals surface area (Å²) in [6.07, 6.45) is 10.8. The number of hydrogen-bond acceptors (Lipinski definition) is 0. The average Bonchev–Trinajstić information content (AvgIpc) is 2.78. The van der Waals surface area contributed by atoms with Gasteiger partial charge in [0.2, 0.25) is 0 Å². The molecular weight excluding hydrogens is 139 g/mol. The standard InChI is InChI=1S/C10H11F/c11-10-4-2-1-3-9(10)7-8-5-6-8/h1-4,7-8,10H,5-6H2. The lowest BCUT2D eigenvalue weighted by molar-refractivity contribution is 0.453. The fourth-order valence-electron chi connectivity index (χ4n) is 1.21. The zero-order valence-electron chi connectivity index (χ0n) is 6.33. The van der Waals surface area contributed by atoms with Crippen molar-refractivity contribution in [2.24, 2.45) is 5.92 Å². The molecule has 2 aliphatic carbocycles. The maximum atomic E-state index is 13.0. The molecular formula is C10H11F. The molecule has 1 heteroatoms. The van der Waals surface area contributed by atoms with E-state index in [1.54, 1.807) is 12.2 Å². The molecule has 0 aromatic rings. The van der Waals surface area contributed by atoms with Gasteiger partial charge < -0.3 is 0 Å². The highest BCUT2D eigenvalue weighted by atomic mass is 19.1. The zero-order chi connectivity index (χ0) is 7.68. The van der Waals surface area contributed by atoms with Gasteiger partial charge in [-0.3, -0.25) is 0 Å². The Bertz CT molecular complexity index is 231.